The molecule has 3 aliphatic carbocycles. The van der Waals surface area contributed by atoms with Gasteiger partial charge >= 0.3 is 0 Å². The number of aliphatic hydroxyl groups is 1. The number of β-amino-alcohol motifs (C(OH)–C–C–N with tert-alkyl or cyclic N) is 1. The summed E-state index contributed by atoms with van der Waals surface area (Å²) in [5.41, 5.74) is 9.32. The predicted molar refractivity (Wildman–Crippen MR) is 232 cm³/mol. The van der Waals surface area contributed by atoms with Gasteiger partial charge in [0.05, 0.1) is 32.6 Å². The maximum atomic E-state index is 12.6. The van der Waals surface area contributed by atoms with Gasteiger partial charge in [0.25, 0.3) is 0 Å². The third kappa shape index (κ3) is 9.30. The molecule has 2 saturated carbocycles. The number of alkyl halides is 1. The summed E-state index contributed by atoms with van der Waals surface area (Å²) in [5, 5.41) is 12.0. The van der Waals surface area contributed by atoms with Gasteiger partial charge in [0.15, 0.2) is 0 Å². The highest BCUT2D eigenvalue weighted by molar-refractivity contribution is 6.32. The van der Waals surface area contributed by atoms with E-state index in [0.29, 0.717) is 44.1 Å². The molecule has 5 fully saturated rings. The highest BCUT2D eigenvalue weighted by Crippen LogP contribution is 2.64. The lowest BCUT2D eigenvalue weighted by molar-refractivity contribution is -0.0179. The quantitative estimate of drug-likeness (QED) is 0.171. The summed E-state index contributed by atoms with van der Waals surface area (Å²) in [5.74, 6) is 1.84. The Labute approximate surface area is 342 Å². The fourth-order valence-electron chi connectivity index (χ4n) is 9.06. The average Bonchev–Trinajstić information content (AvgIpc) is 4.08. The van der Waals surface area contributed by atoms with Crippen LogP contribution in [0.15, 0.2) is 47.4 Å². The zero-order valence-electron chi connectivity index (χ0n) is 35.7. The number of aryl methyl sites for hydroxylation is 1. The molecule has 8 rings (SSSR count). The second kappa shape index (κ2) is 19.1. The van der Waals surface area contributed by atoms with Crippen molar-refractivity contribution in [2.45, 2.75) is 142 Å². The van der Waals surface area contributed by atoms with Crippen LogP contribution < -0.4 is 0 Å². The normalized spacial score (nSPS) is 25.2. The van der Waals surface area contributed by atoms with E-state index in [1.807, 2.05) is 39.1 Å². The summed E-state index contributed by atoms with van der Waals surface area (Å²) in [7, 11) is 1.66. The second-order valence-corrected chi connectivity index (χ2v) is 16.8. The third-order valence-corrected chi connectivity index (χ3v) is 12.1. The maximum Gasteiger partial charge on any atom is 0.210 e. The summed E-state index contributed by atoms with van der Waals surface area (Å²) < 4.78 is 24.1. The Morgan fingerprint density at radius 1 is 1.18 bits per heavy atom. The number of nitrogens with zero attached hydrogens (tertiary/aromatic N) is 4. The van der Waals surface area contributed by atoms with E-state index in [1.54, 1.807) is 7.11 Å². The maximum absolute atomic E-state index is 12.6. The molecule has 3 atom stereocenters. The Morgan fingerprint density at radius 2 is 1.89 bits per heavy atom. The fourth-order valence-corrected chi connectivity index (χ4v) is 9.47. The third-order valence-electron chi connectivity index (χ3n) is 11.8. The monoisotopic (exact) mass is 790 g/mol. The minimum Gasteiger partial charge on any atom is -0.481 e. The molecule has 1 spiro atoms. The molecule has 0 radical (unpaired) electrons. The van der Waals surface area contributed by atoms with E-state index < -0.39 is 11.8 Å². The van der Waals surface area contributed by atoms with Crippen LogP contribution in [0.2, 0.25) is 5.02 Å². The van der Waals surface area contributed by atoms with E-state index in [1.165, 1.54) is 36.0 Å². The summed E-state index contributed by atoms with van der Waals surface area (Å²) in [6.45, 7) is 24.4. The zero-order chi connectivity index (χ0) is 40.8. The number of methoxy groups -OCH3 is 1. The molecule has 7 nitrogen and oxygen atoms in total. The van der Waals surface area contributed by atoms with E-state index in [0.717, 1.165) is 89.4 Å². The lowest BCUT2D eigenvalue weighted by atomic mass is 9.84. The van der Waals surface area contributed by atoms with Crippen LogP contribution in [-0.2, 0) is 14.9 Å². The largest absolute Gasteiger partial charge is 0.481 e. The molecule has 1 aromatic carbocycles. The first kappa shape index (κ1) is 44.1. The summed E-state index contributed by atoms with van der Waals surface area (Å²) in [4.78, 5) is 14.7. The highest BCUT2D eigenvalue weighted by Gasteiger charge is 2.55. The molecule has 9 heteroatoms. The molecule has 0 bridgehead atoms. The van der Waals surface area contributed by atoms with Gasteiger partial charge in [-0.2, -0.15) is 4.99 Å². The Bertz CT molecular complexity index is 1780. The fraction of sp³-hybridized carbons (Fsp3) is 0.617. The van der Waals surface area contributed by atoms with Gasteiger partial charge in [0.2, 0.25) is 5.88 Å². The van der Waals surface area contributed by atoms with Gasteiger partial charge in [0, 0.05) is 46.9 Å². The van der Waals surface area contributed by atoms with Crippen LogP contribution in [0.25, 0.3) is 22.9 Å². The van der Waals surface area contributed by atoms with Gasteiger partial charge in [-0.15, -0.1) is 0 Å². The molecular formula is C47H68ClFN4O3. The summed E-state index contributed by atoms with van der Waals surface area (Å²) >= 11 is 6.99. The number of hydrogen-bond acceptors (Lipinski definition) is 6. The van der Waals surface area contributed by atoms with Crippen molar-refractivity contribution in [3.63, 3.8) is 0 Å². The molecule has 0 amide bonds. The number of allylic oxidation sites excluding steroid dienone is 2. The minimum absolute atomic E-state index is 0.100. The standard InChI is InChI=1S/C35H42ClN3O3.C7H12FN.C3H8.C2H6/c1-7-9-27(41-6)38-33(39-16-17-42-20-34(5,40)19-39)28-22(4)35(13-14-35)31-25(28)12-15-37-32(31)30-24(8-2)21(3)18-26(36)29(30)23-10-11-23;8-6-4-7-2-1-3-9(7)5-6;1-3-2;1-2/h8-9,12,15,18,23,40H,2,7,10-11,13-14,16-17,19-20H2,1,3-6H3;6-7H,1-5H2;3H2,1-2H3;1-2H3/b27-9-,38-33+;;;. The molecule has 56 heavy (non-hydrogen) atoms. The number of rotatable bonds is 7. The Hall–Kier alpha value is -3.04. The van der Waals surface area contributed by atoms with Gasteiger partial charge < -0.3 is 19.5 Å². The van der Waals surface area contributed by atoms with Gasteiger partial charge in [-0.1, -0.05) is 70.9 Å². The number of halogens is 2. The highest BCUT2D eigenvalue weighted by atomic mass is 35.5. The van der Waals surface area contributed by atoms with Crippen LogP contribution in [0.4, 0.5) is 4.39 Å². The molecule has 4 heterocycles. The van der Waals surface area contributed by atoms with E-state index in [2.05, 4.69) is 63.1 Å². The summed E-state index contributed by atoms with van der Waals surface area (Å²) in [6.07, 6.45) is 15.2. The Kier molecular flexibility index (Phi) is 15.1. The minimum atomic E-state index is -1.01. The number of aromatic nitrogens is 1. The first-order valence-electron chi connectivity index (χ1n) is 21.4. The molecule has 1 N–H and O–H groups in total. The van der Waals surface area contributed by atoms with Gasteiger partial charge in [-0.3, -0.25) is 9.88 Å². The first-order valence-corrected chi connectivity index (χ1v) is 21.7. The molecule has 308 valence electrons. The van der Waals surface area contributed by atoms with Crippen LogP contribution >= 0.6 is 11.6 Å². The molecular weight excluding hydrogens is 723 g/mol. The predicted octanol–water partition coefficient (Wildman–Crippen LogP) is 11.1. The SMILES string of the molecule is C=Cc1c(C)cc(Cl)c(C2CC2)c1-c1nccc2c1C1(CC1)C(C)=C2/C(=N\C(=C\CC)OC)N1CCOCC(C)(O)C1.CC.CCC.FC1CC2CCCN2C1. The molecule has 3 unspecified atom stereocenters. The number of amidine groups is 1. The van der Waals surface area contributed by atoms with Crippen molar-refractivity contribution >= 4 is 29.1 Å². The number of ether oxygens (including phenoxy) is 2. The van der Waals surface area contributed by atoms with Crippen LogP contribution in [-0.4, -0.2) is 90.0 Å². The van der Waals surface area contributed by atoms with Crippen LogP contribution in [0.5, 0.6) is 0 Å². The second-order valence-electron chi connectivity index (χ2n) is 16.4. The first-order chi connectivity index (χ1) is 26.9. The number of benzene rings is 1. The van der Waals surface area contributed by atoms with Crippen molar-refractivity contribution in [1.29, 1.82) is 0 Å². The average molecular weight is 792 g/mol. The lowest BCUT2D eigenvalue weighted by Gasteiger charge is -2.31. The van der Waals surface area contributed by atoms with Crippen LogP contribution in [0.3, 0.4) is 0 Å². The number of pyridine rings is 1. The van der Waals surface area contributed by atoms with E-state index in [4.69, 9.17) is 31.1 Å². The molecule has 2 aromatic rings. The number of fused-ring (bicyclic) bond motifs is 3. The molecule has 1 aromatic heterocycles. The topological polar surface area (TPSA) is 70.4 Å². The van der Waals surface area contributed by atoms with E-state index in [9.17, 15) is 9.50 Å². The van der Waals surface area contributed by atoms with Gasteiger partial charge in [-0.25, -0.2) is 4.39 Å². The number of aliphatic imine (C=N–C) groups is 1. The smallest absolute Gasteiger partial charge is 0.210 e. The molecule has 3 aliphatic heterocycles. The zero-order valence-corrected chi connectivity index (χ0v) is 36.5. The van der Waals surface area contributed by atoms with Crippen molar-refractivity contribution in [2.24, 2.45) is 4.99 Å². The van der Waals surface area contributed by atoms with E-state index in [-0.39, 0.29) is 12.0 Å². The van der Waals surface area contributed by atoms with Crippen molar-refractivity contribution in [3.8, 4) is 11.3 Å². The van der Waals surface area contributed by atoms with Crippen molar-refractivity contribution in [2.75, 3.05) is 46.5 Å². The Morgan fingerprint density at radius 3 is 2.50 bits per heavy atom. The summed E-state index contributed by atoms with van der Waals surface area (Å²) in [6, 6.07) is 4.84. The van der Waals surface area contributed by atoms with Gasteiger partial charge in [0.1, 0.15) is 17.6 Å². The van der Waals surface area contributed by atoms with E-state index >= 15 is 0 Å². The number of hydrogen-bond donors (Lipinski definition) is 1. The van der Waals surface area contributed by atoms with Crippen LogP contribution in [0.1, 0.15) is 140 Å². The Balaban J connectivity index is 0.000000363. The molecule has 6 aliphatic rings. The molecule has 3 saturated heterocycles. The van der Waals surface area contributed by atoms with Crippen molar-refractivity contribution in [3.05, 3.63) is 75.3 Å². The van der Waals surface area contributed by atoms with Gasteiger partial charge in [-0.05, 0) is 131 Å². The lowest BCUT2D eigenvalue weighted by Crippen LogP contribution is -2.44. The van der Waals surface area contributed by atoms with Crippen molar-refractivity contribution < 1.29 is 19.0 Å². The van der Waals surface area contributed by atoms with Crippen LogP contribution in [0, 0.1) is 6.92 Å². The van der Waals surface area contributed by atoms with Crippen molar-refractivity contribution in [1.82, 2.24) is 14.8 Å².